The lowest BCUT2D eigenvalue weighted by atomic mass is 10.1. The molecule has 0 fully saturated rings. The molecule has 0 saturated heterocycles. The smallest absolute Gasteiger partial charge is 0.133 e. The molecule has 0 saturated carbocycles. The van der Waals surface area contributed by atoms with Crippen LogP contribution < -0.4 is 5.32 Å². The van der Waals surface area contributed by atoms with Crippen LogP contribution in [0.1, 0.15) is 45.2 Å². The Labute approximate surface area is 97.9 Å². The number of unbranched alkanes of at least 4 members (excludes halogenated alkanes) is 2. The molecule has 0 aliphatic rings. The predicted molar refractivity (Wildman–Crippen MR) is 66.3 cm³/mol. The van der Waals surface area contributed by atoms with Crippen LogP contribution in [0.15, 0.2) is 18.3 Å². The zero-order valence-electron chi connectivity index (χ0n) is 10.2. The number of nitrogens with zero attached hydrogens (tertiary/aromatic N) is 1. The fraction of sp³-hybridized carbons (Fsp3) is 0.615. The van der Waals surface area contributed by atoms with Crippen LogP contribution in [-0.2, 0) is 6.54 Å². The first-order valence-electron chi connectivity index (χ1n) is 6.09. The minimum atomic E-state index is 0.222. The topological polar surface area (TPSA) is 45.1 Å². The highest BCUT2D eigenvalue weighted by molar-refractivity contribution is 5.17. The Morgan fingerprint density at radius 1 is 1.38 bits per heavy atom. The summed E-state index contributed by atoms with van der Waals surface area (Å²) in [6, 6.07) is 4.05. The molecule has 0 radical (unpaired) electrons. The molecule has 1 heterocycles. The molecule has 90 valence electrons. The average Bonchev–Trinajstić information content (AvgIpc) is 2.29. The Morgan fingerprint density at radius 2 is 2.19 bits per heavy atom. The second kappa shape index (κ2) is 7.23. The van der Waals surface area contributed by atoms with Crippen molar-refractivity contribution in [1.29, 1.82) is 0 Å². The van der Waals surface area contributed by atoms with Crippen molar-refractivity contribution in [2.75, 3.05) is 0 Å². The van der Waals surface area contributed by atoms with Gasteiger partial charge in [-0.05, 0) is 25.5 Å². The number of pyridine rings is 1. The van der Waals surface area contributed by atoms with Crippen molar-refractivity contribution in [3.63, 3.8) is 0 Å². The van der Waals surface area contributed by atoms with Crippen molar-refractivity contribution in [2.24, 2.45) is 0 Å². The standard InChI is InChI=1S/C13H22N2O/c1-3-4-5-6-11(2)14-9-12-7-8-13(16)10-15-12/h7-8,10-11,14,16H,3-6,9H2,1-2H3. The summed E-state index contributed by atoms with van der Waals surface area (Å²) in [7, 11) is 0. The molecule has 0 spiro atoms. The normalized spacial score (nSPS) is 12.6. The van der Waals surface area contributed by atoms with Crippen LogP contribution >= 0.6 is 0 Å². The zero-order chi connectivity index (χ0) is 11.8. The van der Waals surface area contributed by atoms with Gasteiger partial charge in [-0.25, -0.2) is 0 Å². The summed E-state index contributed by atoms with van der Waals surface area (Å²) in [5.41, 5.74) is 0.972. The number of nitrogens with one attached hydrogen (secondary N) is 1. The van der Waals surface area contributed by atoms with Gasteiger partial charge in [0.05, 0.1) is 11.9 Å². The molecular formula is C13H22N2O. The minimum Gasteiger partial charge on any atom is -0.506 e. The molecule has 1 atom stereocenters. The molecule has 0 amide bonds. The second-order valence-electron chi connectivity index (χ2n) is 4.29. The van der Waals surface area contributed by atoms with Gasteiger partial charge >= 0.3 is 0 Å². The van der Waals surface area contributed by atoms with E-state index in [0.717, 1.165) is 12.2 Å². The van der Waals surface area contributed by atoms with E-state index in [0.29, 0.717) is 6.04 Å². The quantitative estimate of drug-likeness (QED) is 0.697. The third kappa shape index (κ3) is 5.12. The Balaban J connectivity index is 2.20. The summed E-state index contributed by atoms with van der Waals surface area (Å²) in [6.07, 6.45) is 6.56. The van der Waals surface area contributed by atoms with Gasteiger partial charge in [0.2, 0.25) is 0 Å². The van der Waals surface area contributed by atoms with E-state index in [9.17, 15) is 0 Å². The maximum absolute atomic E-state index is 9.09. The molecule has 3 heteroatoms. The summed E-state index contributed by atoms with van der Waals surface area (Å²) in [6.45, 7) is 5.20. The first-order valence-corrected chi connectivity index (χ1v) is 6.09. The largest absolute Gasteiger partial charge is 0.506 e. The van der Waals surface area contributed by atoms with E-state index >= 15 is 0 Å². The van der Waals surface area contributed by atoms with E-state index in [4.69, 9.17) is 5.11 Å². The molecule has 2 N–H and O–H groups in total. The number of aromatic hydroxyl groups is 1. The van der Waals surface area contributed by atoms with E-state index in [-0.39, 0.29) is 5.75 Å². The van der Waals surface area contributed by atoms with E-state index < -0.39 is 0 Å². The molecule has 0 aliphatic carbocycles. The van der Waals surface area contributed by atoms with Crippen molar-refractivity contribution in [3.05, 3.63) is 24.0 Å². The molecule has 0 aromatic carbocycles. The van der Waals surface area contributed by atoms with Crippen LogP contribution in [0.25, 0.3) is 0 Å². The van der Waals surface area contributed by atoms with Gasteiger partial charge in [0.1, 0.15) is 5.75 Å². The van der Waals surface area contributed by atoms with Crippen LogP contribution in [0.5, 0.6) is 5.75 Å². The molecule has 1 unspecified atom stereocenters. The molecule has 1 aromatic rings. The lowest BCUT2D eigenvalue weighted by Gasteiger charge is -2.12. The summed E-state index contributed by atoms with van der Waals surface area (Å²) >= 11 is 0. The van der Waals surface area contributed by atoms with Gasteiger partial charge in [-0.15, -0.1) is 0 Å². The van der Waals surface area contributed by atoms with Crippen molar-refractivity contribution in [1.82, 2.24) is 10.3 Å². The Hall–Kier alpha value is -1.09. The molecule has 3 nitrogen and oxygen atoms in total. The fourth-order valence-corrected chi connectivity index (χ4v) is 1.60. The number of hydrogen-bond acceptors (Lipinski definition) is 3. The van der Waals surface area contributed by atoms with Crippen molar-refractivity contribution < 1.29 is 5.11 Å². The number of hydrogen-bond donors (Lipinski definition) is 2. The SMILES string of the molecule is CCCCCC(C)NCc1ccc(O)cn1. The van der Waals surface area contributed by atoms with Gasteiger partial charge in [-0.1, -0.05) is 26.2 Å². The highest BCUT2D eigenvalue weighted by atomic mass is 16.3. The lowest BCUT2D eigenvalue weighted by molar-refractivity contribution is 0.468. The number of aromatic nitrogens is 1. The molecule has 1 aromatic heterocycles. The van der Waals surface area contributed by atoms with Crippen LogP contribution in [0, 0.1) is 0 Å². The van der Waals surface area contributed by atoms with Crippen molar-refractivity contribution in [2.45, 2.75) is 52.1 Å². The Kier molecular flexibility index (Phi) is 5.86. The summed E-state index contributed by atoms with van der Waals surface area (Å²) in [5, 5.41) is 12.5. The van der Waals surface area contributed by atoms with E-state index in [1.54, 1.807) is 6.07 Å². The van der Waals surface area contributed by atoms with Gasteiger partial charge in [0, 0.05) is 12.6 Å². The summed E-state index contributed by atoms with van der Waals surface area (Å²) < 4.78 is 0. The number of rotatable bonds is 7. The minimum absolute atomic E-state index is 0.222. The Bertz CT molecular complexity index is 284. The predicted octanol–water partition coefficient (Wildman–Crippen LogP) is 2.85. The van der Waals surface area contributed by atoms with E-state index in [1.807, 2.05) is 6.07 Å². The van der Waals surface area contributed by atoms with Gasteiger partial charge in [0.15, 0.2) is 0 Å². The summed E-state index contributed by atoms with van der Waals surface area (Å²) in [4.78, 5) is 4.13. The maximum Gasteiger partial charge on any atom is 0.133 e. The Morgan fingerprint density at radius 3 is 2.81 bits per heavy atom. The molecule has 0 bridgehead atoms. The average molecular weight is 222 g/mol. The summed E-state index contributed by atoms with van der Waals surface area (Å²) in [5.74, 6) is 0.222. The van der Waals surface area contributed by atoms with Crippen molar-refractivity contribution in [3.8, 4) is 5.75 Å². The first-order chi connectivity index (χ1) is 7.72. The van der Waals surface area contributed by atoms with Gasteiger partial charge in [-0.2, -0.15) is 0 Å². The highest BCUT2D eigenvalue weighted by Gasteiger charge is 2.01. The first kappa shape index (κ1) is 13.0. The van der Waals surface area contributed by atoms with Gasteiger partial charge in [0.25, 0.3) is 0 Å². The van der Waals surface area contributed by atoms with Crippen LogP contribution in [-0.4, -0.2) is 16.1 Å². The second-order valence-corrected chi connectivity index (χ2v) is 4.29. The van der Waals surface area contributed by atoms with Crippen LogP contribution in [0.3, 0.4) is 0 Å². The maximum atomic E-state index is 9.09. The molecule has 1 rings (SSSR count). The third-order valence-corrected chi connectivity index (χ3v) is 2.68. The van der Waals surface area contributed by atoms with E-state index in [2.05, 4.69) is 24.1 Å². The van der Waals surface area contributed by atoms with Crippen molar-refractivity contribution >= 4 is 0 Å². The van der Waals surface area contributed by atoms with Gasteiger partial charge in [-0.3, -0.25) is 4.98 Å². The molecule has 0 aliphatic heterocycles. The lowest BCUT2D eigenvalue weighted by Crippen LogP contribution is -2.25. The zero-order valence-corrected chi connectivity index (χ0v) is 10.2. The molecular weight excluding hydrogens is 200 g/mol. The van der Waals surface area contributed by atoms with Gasteiger partial charge < -0.3 is 10.4 Å². The van der Waals surface area contributed by atoms with Crippen LogP contribution in [0.2, 0.25) is 0 Å². The highest BCUT2D eigenvalue weighted by Crippen LogP contribution is 2.07. The van der Waals surface area contributed by atoms with E-state index in [1.165, 1.54) is 31.9 Å². The van der Waals surface area contributed by atoms with Crippen LogP contribution in [0.4, 0.5) is 0 Å². The third-order valence-electron chi connectivity index (χ3n) is 2.68. The molecule has 16 heavy (non-hydrogen) atoms. The monoisotopic (exact) mass is 222 g/mol. The fourth-order valence-electron chi connectivity index (χ4n) is 1.60.